The Labute approximate surface area is 165 Å². The standard InChI is InChI=1S/C18H16Cl2N4OS/c19-13-3-6-15(20)16(10-13)25-8-9-26-18-23-22-17(24(18)14-4-5-14)12-2-1-7-21-11-12/h1-3,6-7,10-11,14H,4-5,8-9H2. The highest BCUT2D eigenvalue weighted by Crippen LogP contribution is 2.41. The fourth-order valence-corrected chi connectivity index (χ4v) is 3.76. The fourth-order valence-electron chi connectivity index (χ4n) is 2.60. The van der Waals surface area contributed by atoms with Crippen LogP contribution in [0.25, 0.3) is 11.4 Å². The summed E-state index contributed by atoms with van der Waals surface area (Å²) in [6.07, 6.45) is 5.90. The molecule has 0 radical (unpaired) electrons. The van der Waals surface area contributed by atoms with E-state index in [1.54, 1.807) is 36.2 Å². The van der Waals surface area contributed by atoms with Crippen LogP contribution in [0.5, 0.6) is 5.75 Å². The maximum atomic E-state index is 6.12. The smallest absolute Gasteiger partial charge is 0.191 e. The Morgan fingerprint density at radius 3 is 2.85 bits per heavy atom. The van der Waals surface area contributed by atoms with Gasteiger partial charge in [-0.15, -0.1) is 10.2 Å². The minimum Gasteiger partial charge on any atom is -0.491 e. The molecule has 0 spiro atoms. The van der Waals surface area contributed by atoms with Crippen molar-refractivity contribution in [2.45, 2.75) is 24.0 Å². The molecule has 8 heteroatoms. The van der Waals surface area contributed by atoms with Gasteiger partial charge in [0.05, 0.1) is 11.6 Å². The van der Waals surface area contributed by atoms with Gasteiger partial charge in [-0.3, -0.25) is 9.55 Å². The van der Waals surface area contributed by atoms with Crippen LogP contribution in [0.2, 0.25) is 10.0 Å². The summed E-state index contributed by atoms with van der Waals surface area (Å²) in [6.45, 7) is 0.504. The lowest BCUT2D eigenvalue weighted by Gasteiger charge is -2.10. The molecule has 4 rings (SSSR count). The van der Waals surface area contributed by atoms with Crippen molar-refractivity contribution in [2.24, 2.45) is 0 Å². The molecule has 134 valence electrons. The summed E-state index contributed by atoms with van der Waals surface area (Å²) in [5.74, 6) is 2.21. The zero-order valence-corrected chi connectivity index (χ0v) is 16.1. The van der Waals surface area contributed by atoms with Crippen LogP contribution in [0.4, 0.5) is 0 Å². The van der Waals surface area contributed by atoms with Gasteiger partial charge < -0.3 is 4.74 Å². The Hall–Kier alpha value is -1.76. The van der Waals surface area contributed by atoms with E-state index < -0.39 is 0 Å². The second-order valence-electron chi connectivity index (χ2n) is 5.92. The van der Waals surface area contributed by atoms with Gasteiger partial charge in [0, 0.05) is 40.8 Å². The van der Waals surface area contributed by atoms with E-state index in [1.165, 1.54) is 0 Å². The molecule has 26 heavy (non-hydrogen) atoms. The molecule has 0 aliphatic heterocycles. The molecule has 0 atom stereocenters. The average Bonchev–Trinajstić information content (AvgIpc) is 3.41. The third-order valence-corrected chi connectivity index (χ3v) is 5.42. The summed E-state index contributed by atoms with van der Waals surface area (Å²) >= 11 is 13.7. The summed E-state index contributed by atoms with van der Waals surface area (Å²) < 4.78 is 7.96. The van der Waals surface area contributed by atoms with Crippen molar-refractivity contribution in [3.63, 3.8) is 0 Å². The maximum Gasteiger partial charge on any atom is 0.191 e. The van der Waals surface area contributed by atoms with Gasteiger partial charge in [-0.05, 0) is 37.1 Å². The quantitative estimate of drug-likeness (QED) is 0.400. The zero-order chi connectivity index (χ0) is 17.9. The molecular weight excluding hydrogens is 391 g/mol. The Morgan fingerprint density at radius 1 is 1.19 bits per heavy atom. The molecule has 5 nitrogen and oxygen atoms in total. The van der Waals surface area contributed by atoms with Crippen molar-refractivity contribution in [3.8, 4) is 17.1 Å². The topological polar surface area (TPSA) is 52.8 Å². The molecule has 1 aliphatic carbocycles. The third-order valence-electron chi connectivity index (χ3n) is 3.96. The van der Waals surface area contributed by atoms with Crippen LogP contribution in [0, 0.1) is 0 Å². The van der Waals surface area contributed by atoms with E-state index in [2.05, 4.69) is 19.7 Å². The number of aromatic nitrogens is 4. The number of rotatable bonds is 7. The molecule has 2 aromatic heterocycles. The number of pyridine rings is 1. The molecule has 0 unspecified atom stereocenters. The lowest BCUT2D eigenvalue weighted by Crippen LogP contribution is -2.04. The number of nitrogens with zero attached hydrogens (tertiary/aromatic N) is 4. The SMILES string of the molecule is Clc1ccc(Cl)c(OCCSc2nnc(-c3cccnc3)n2C2CC2)c1. The van der Waals surface area contributed by atoms with Crippen molar-refractivity contribution in [1.29, 1.82) is 0 Å². The van der Waals surface area contributed by atoms with Gasteiger partial charge in [0.15, 0.2) is 11.0 Å². The number of benzene rings is 1. The first-order chi connectivity index (χ1) is 12.7. The first kappa shape index (κ1) is 17.6. The number of halogens is 2. The van der Waals surface area contributed by atoms with E-state index in [0.717, 1.165) is 35.1 Å². The van der Waals surface area contributed by atoms with Gasteiger partial charge in [-0.25, -0.2) is 0 Å². The molecule has 3 aromatic rings. The Morgan fingerprint density at radius 2 is 2.08 bits per heavy atom. The molecule has 1 saturated carbocycles. The Kier molecular flexibility index (Phi) is 5.33. The van der Waals surface area contributed by atoms with E-state index in [-0.39, 0.29) is 0 Å². The maximum absolute atomic E-state index is 6.12. The Bertz CT molecular complexity index is 899. The predicted molar refractivity (Wildman–Crippen MR) is 104 cm³/mol. The van der Waals surface area contributed by atoms with Crippen LogP contribution in [0.3, 0.4) is 0 Å². The number of ether oxygens (including phenoxy) is 1. The highest BCUT2D eigenvalue weighted by molar-refractivity contribution is 7.99. The number of hydrogen-bond donors (Lipinski definition) is 0. The normalized spacial score (nSPS) is 13.8. The van der Waals surface area contributed by atoms with E-state index in [4.69, 9.17) is 27.9 Å². The van der Waals surface area contributed by atoms with Gasteiger partial charge in [0.1, 0.15) is 5.75 Å². The van der Waals surface area contributed by atoms with Crippen molar-refractivity contribution >= 4 is 35.0 Å². The van der Waals surface area contributed by atoms with Crippen molar-refractivity contribution in [3.05, 3.63) is 52.8 Å². The minimum atomic E-state index is 0.478. The van der Waals surface area contributed by atoms with Crippen LogP contribution in [-0.4, -0.2) is 32.1 Å². The highest BCUT2D eigenvalue weighted by Gasteiger charge is 2.30. The third kappa shape index (κ3) is 3.98. The first-order valence-electron chi connectivity index (χ1n) is 8.28. The molecule has 1 aromatic carbocycles. The van der Waals surface area contributed by atoms with Crippen LogP contribution < -0.4 is 4.74 Å². The van der Waals surface area contributed by atoms with Gasteiger partial charge in [-0.1, -0.05) is 35.0 Å². The van der Waals surface area contributed by atoms with Crippen molar-refractivity contribution in [1.82, 2.24) is 19.7 Å². The second-order valence-corrected chi connectivity index (χ2v) is 7.83. The summed E-state index contributed by atoms with van der Waals surface area (Å²) in [7, 11) is 0. The number of hydrogen-bond acceptors (Lipinski definition) is 5. The molecular formula is C18H16Cl2N4OS. The van der Waals surface area contributed by atoms with E-state index in [1.807, 2.05) is 18.3 Å². The van der Waals surface area contributed by atoms with Crippen LogP contribution >= 0.6 is 35.0 Å². The first-order valence-corrected chi connectivity index (χ1v) is 10.0. The summed E-state index contributed by atoms with van der Waals surface area (Å²) in [6, 6.07) is 9.60. The molecule has 0 amide bonds. The fraction of sp³-hybridized carbons (Fsp3) is 0.278. The lowest BCUT2D eigenvalue weighted by molar-refractivity contribution is 0.344. The highest BCUT2D eigenvalue weighted by atomic mass is 35.5. The van der Waals surface area contributed by atoms with Gasteiger partial charge in [-0.2, -0.15) is 0 Å². The largest absolute Gasteiger partial charge is 0.491 e. The van der Waals surface area contributed by atoms with Crippen molar-refractivity contribution in [2.75, 3.05) is 12.4 Å². The van der Waals surface area contributed by atoms with Crippen LogP contribution in [0.1, 0.15) is 18.9 Å². The van der Waals surface area contributed by atoms with Gasteiger partial charge in [0.25, 0.3) is 0 Å². The minimum absolute atomic E-state index is 0.478. The number of thioether (sulfide) groups is 1. The lowest BCUT2D eigenvalue weighted by atomic mass is 10.3. The molecule has 1 aliphatic rings. The Balaban J connectivity index is 1.42. The average molecular weight is 407 g/mol. The monoisotopic (exact) mass is 406 g/mol. The molecule has 0 bridgehead atoms. The van der Waals surface area contributed by atoms with Crippen LogP contribution in [-0.2, 0) is 0 Å². The predicted octanol–water partition coefficient (Wildman–Crippen LogP) is 5.15. The van der Waals surface area contributed by atoms with Gasteiger partial charge in [0.2, 0.25) is 0 Å². The van der Waals surface area contributed by atoms with Crippen molar-refractivity contribution < 1.29 is 4.74 Å². The molecule has 0 N–H and O–H groups in total. The van der Waals surface area contributed by atoms with Gasteiger partial charge >= 0.3 is 0 Å². The van der Waals surface area contributed by atoms with E-state index >= 15 is 0 Å². The summed E-state index contributed by atoms with van der Waals surface area (Å²) in [5.41, 5.74) is 0.987. The zero-order valence-electron chi connectivity index (χ0n) is 13.8. The summed E-state index contributed by atoms with van der Waals surface area (Å²) in [5, 5.41) is 10.8. The molecule has 0 saturated heterocycles. The molecule has 2 heterocycles. The van der Waals surface area contributed by atoms with E-state index in [0.29, 0.717) is 28.4 Å². The summed E-state index contributed by atoms with van der Waals surface area (Å²) in [4.78, 5) is 4.18. The second kappa shape index (κ2) is 7.86. The molecule has 1 fully saturated rings. The van der Waals surface area contributed by atoms with Crippen LogP contribution in [0.15, 0.2) is 47.9 Å². The van der Waals surface area contributed by atoms with E-state index in [9.17, 15) is 0 Å².